The lowest BCUT2D eigenvalue weighted by Gasteiger charge is -2.10. The van der Waals surface area contributed by atoms with Crippen molar-refractivity contribution in [2.75, 3.05) is 6.54 Å². The van der Waals surface area contributed by atoms with Crippen molar-refractivity contribution in [3.8, 4) is 0 Å². The molecular weight excluding hydrogens is 318 g/mol. The molecule has 5 nitrogen and oxygen atoms in total. The SMILES string of the molecule is Cc1ccc(C(=O)c2ccccc2C(=O)NCCCCC(=O)O)cc1. The van der Waals surface area contributed by atoms with Gasteiger partial charge in [0.1, 0.15) is 0 Å². The predicted molar refractivity (Wildman–Crippen MR) is 94.9 cm³/mol. The van der Waals surface area contributed by atoms with Crippen LogP contribution in [0.25, 0.3) is 0 Å². The van der Waals surface area contributed by atoms with E-state index in [0.717, 1.165) is 5.56 Å². The van der Waals surface area contributed by atoms with Crippen LogP contribution in [-0.2, 0) is 4.79 Å². The van der Waals surface area contributed by atoms with Crippen LogP contribution in [0.5, 0.6) is 0 Å². The number of carboxylic acid groups (broad SMARTS) is 1. The molecule has 0 aromatic heterocycles. The van der Waals surface area contributed by atoms with Crippen molar-refractivity contribution in [1.82, 2.24) is 5.32 Å². The summed E-state index contributed by atoms with van der Waals surface area (Å²) in [5.41, 5.74) is 2.27. The van der Waals surface area contributed by atoms with Crippen LogP contribution in [0.2, 0.25) is 0 Å². The van der Waals surface area contributed by atoms with E-state index in [0.29, 0.717) is 36.1 Å². The average Bonchev–Trinajstić information content (AvgIpc) is 2.61. The summed E-state index contributed by atoms with van der Waals surface area (Å²) in [6.45, 7) is 2.32. The topological polar surface area (TPSA) is 83.5 Å². The summed E-state index contributed by atoms with van der Waals surface area (Å²) in [7, 11) is 0. The summed E-state index contributed by atoms with van der Waals surface area (Å²) in [4.78, 5) is 35.5. The molecular formula is C20H21NO4. The Morgan fingerprint density at radius 2 is 1.56 bits per heavy atom. The molecule has 25 heavy (non-hydrogen) atoms. The standard InChI is InChI=1S/C20H21NO4/c1-14-9-11-15(12-10-14)19(24)16-6-2-3-7-17(16)20(25)21-13-5-4-8-18(22)23/h2-3,6-7,9-12H,4-5,8,13H2,1H3,(H,21,25)(H,22,23). The largest absolute Gasteiger partial charge is 0.481 e. The Kier molecular flexibility index (Phi) is 6.46. The minimum Gasteiger partial charge on any atom is -0.481 e. The number of carbonyl (C=O) groups is 3. The number of ketones is 1. The number of carboxylic acids is 1. The van der Waals surface area contributed by atoms with Gasteiger partial charge in [0.15, 0.2) is 5.78 Å². The maximum absolute atomic E-state index is 12.7. The van der Waals surface area contributed by atoms with E-state index >= 15 is 0 Å². The third-order valence-corrected chi connectivity index (χ3v) is 3.83. The van der Waals surface area contributed by atoms with Gasteiger partial charge in [-0.15, -0.1) is 0 Å². The molecule has 2 rings (SSSR count). The Morgan fingerprint density at radius 3 is 2.20 bits per heavy atom. The minimum atomic E-state index is -0.847. The van der Waals surface area contributed by atoms with Crippen LogP contribution in [0.4, 0.5) is 0 Å². The van der Waals surface area contributed by atoms with E-state index < -0.39 is 5.97 Å². The second-order valence-electron chi connectivity index (χ2n) is 5.85. The van der Waals surface area contributed by atoms with Crippen LogP contribution < -0.4 is 5.32 Å². The Bertz CT molecular complexity index is 766. The van der Waals surface area contributed by atoms with Gasteiger partial charge in [0.25, 0.3) is 5.91 Å². The molecule has 0 heterocycles. The molecule has 0 saturated carbocycles. The van der Waals surface area contributed by atoms with Gasteiger partial charge in [0.2, 0.25) is 0 Å². The molecule has 0 atom stereocenters. The average molecular weight is 339 g/mol. The van der Waals surface area contributed by atoms with Gasteiger partial charge in [-0.2, -0.15) is 0 Å². The molecule has 1 amide bonds. The van der Waals surface area contributed by atoms with Crippen molar-refractivity contribution in [2.24, 2.45) is 0 Å². The fraction of sp³-hybridized carbons (Fsp3) is 0.250. The molecule has 0 aliphatic rings. The first-order chi connectivity index (χ1) is 12.0. The highest BCUT2D eigenvalue weighted by Gasteiger charge is 2.17. The smallest absolute Gasteiger partial charge is 0.303 e. The number of aliphatic carboxylic acids is 1. The van der Waals surface area contributed by atoms with Gasteiger partial charge in [-0.1, -0.05) is 48.0 Å². The molecule has 5 heteroatoms. The lowest BCUT2D eigenvalue weighted by Crippen LogP contribution is -2.26. The van der Waals surface area contributed by atoms with Gasteiger partial charge in [0, 0.05) is 24.1 Å². The number of hydrogen-bond acceptors (Lipinski definition) is 3. The highest BCUT2D eigenvalue weighted by atomic mass is 16.4. The quantitative estimate of drug-likeness (QED) is 0.571. The monoisotopic (exact) mass is 339 g/mol. The number of nitrogens with one attached hydrogen (secondary N) is 1. The van der Waals surface area contributed by atoms with Crippen LogP contribution in [0.3, 0.4) is 0 Å². The van der Waals surface area contributed by atoms with Gasteiger partial charge in [0.05, 0.1) is 5.56 Å². The molecule has 0 radical (unpaired) electrons. The molecule has 2 N–H and O–H groups in total. The Morgan fingerprint density at radius 1 is 0.920 bits per heavy atom. The molecule has 2 aromatic carbocycles. The predicted octanol–water partition coefficient (Wildman–Crippen LogP) is 3.21. The lowest BCUT2D eigenvalue weighted by atomic mass is 9.97. The van der Waals surface area contributed by atoms with Crippen molar-refractivity contribution in [2.45, 2.75) is 26.2 Å². The van der Waals surface area contributed by atoms with Gasteiger partial charge >= 0.3 is 5.97 Å². The van der Waals surface area contributed by atoms with Crippen LogP contribution in [-0.4, -0.2) is 29.3 Å². The van der Waals surface area contributed by atoms with E-state index in [4.69, 9.17) is 5.11 Å². The second-order valence-corrected chi connectivity index (χ2v) is 5.85. The van der Waals surface area contributed by atoms with E-state index in [9.17, 15) is 14.4 Å². The number of rotatable bonds is 8. The highest BCUT2D eigenvalue weighted by molar-refractivity contribution is 6.15. The molecule has 0 saturated heterocycles. The number of amides is 1. The van der Waals surface area contributed by atoms with Gasteiger partial charge in [-0.25, -0.2) is 0 Å². The van der Waals surface area contributed by atoms with E-state index in [1.807, 2.05) is 19.1 Å². The number of hydrogen-bond donors (Lipinski definition) is 2. The highest BCUT2D eigenvalue weighted by Crippen LogP contribution is 2.15. The molecule has 0 aliphatic carbocycles. The van der Waals surface area contributed by atoms with Crippen molar-refractivity contribution in [3.05, 3.63) is 70.8 Å². The first-order valence-corrected chi connectivity index (χ1v) is 8.19. The van der Waals surface area contributed by atoms with Gasteiger partial charge < -0.3 is 10.4 Å². The summed E-state index contributed by atoms with van der Waals surface area (Å²) in [6.07, 6.45) is 1.16. The first kappa shape index (κ1) is 18.4. The molecule has 0 fully saturated rings. The van der Waals surface area contributed by atoms with Gasteiger partial charge in [-0.3, -0.25) is 14.4 Å². The van der Waals surface area contributed by atoms with Crippen LogP contribution >= 0.6 is 0 Å². The Hall–Kier alpha value is -2.95. The summed E-state index contributed by atoms with van der Waals surface area (Å²) in [5, 5.41) is 11.3. The van der Waals surface area contributed by atoms with E-state index in [1.54, 1.807) is 36.4 Å². The van der Waals surface area contributed by atoms with Crippen molar-refractivity contribution < 1.29 is 19.5 Å². The Balaban J connectivity index is 2.06. The van der Waals surface area contributed by atoms with Crippen LogP contribution in [0.1, 0.15) is 51.1 Å². The number of unbranched alkanes of at least 4 members (excludes halogenated alkanes) is 1. The molecule has 2 aromatic rings. The first-order valence-electron chi connectivity index (χ1n) is 8.19. The lowest BCUT2D eigenvalue weighted by molar-refractivity contribution is -0.137. The van der Waals surface area contributed by atoms with Crippen LogP contribution in [0, 0.1) is 6.92 Å². The zero-order valence-corrected chi connectivity index (χ0v) is 14.1. The van der Waals surface area contributed by atoms with E-state index in [2.05, 4.69) is 5.32 Å². The van der Waals surface area contributed by atoms with Gasteiger partial charge in [-0.05, 0) is 25.8 Å². The number of carbonyl (C=O) groups excluding carboxylic acids is 2. The summed E-state index contributed by atoms with van der Waals surface area (Å²) < 4.78 is 0. The molecule has 0 spiro atoms. The number of aryl methyl sites for hydroxylation is 1. The van der Waals surface area contributed by atoms with Crippen molar-refractivity contribution in [1.29, 1.82) is 0 Å². The summed E-state index contributed by atoms with van der Waals surface area (Å²) in [6, 6.07) is 13.9. The molecule has 130 valence electrons. The fourth-order valence-corrected chi connectivity index (χ4v) is 2.44. The molecule has 0 aliphatic heterocycles. The van der Waals surface area contributed by atoms with Crippen LogP contribution in [0.15, 0.2) is 48.5 Å². The summed E-state index contributed by atoms with van der Waals surface area (Å²) in [5.74, 6) is -1.37. The number of benzene rings is 2. The maximum atomic E-state index is 12.7. The second kappa shape index (κ2) is 8.78. The summed E-state index contributed by atoms with van der Waals surface area (Å²) >= 11 is 0. The Labute approximate surface area is 146 Å². The zero-order valence-electron chi connectivity index (χ0n) is 14.1. The third kappa shape index (κ3) is 5.28. The van der Waals surface area contributed by atoms with Crippen molar-refractivity contribution >= 4 is 17.7 Å². The zero-order chi connectivity index (χ0) is 18.2. The van der Waals surface area contributed by atoms with E-state index in [-0.39, 0.29) is 18.1 Å². The van der Waals surface area contributed by atoms with E-state index in [1.165, 1.54) is 0 Å². The third-order valence-electron chi connectivity index (χ3n) is 3.83. The maximum Gasteiger partial charge on any atom is 0.303 e. The molecule has 0 bridgehead atoms. The minimum absolute atomic E-state index is 0.0817. The molecule has 0 unspecified atom stereocenters. The van der Waals surface area contributed by atoms with Crippen molar-refractivity contribution in [3.63, 3.8) is 0 Å². The fourth-order valence-electron chi connectivity index (χ4n) is 2.44. The normalized spacial score (nSPS) is 10.3.